The number of nitrogens with one attached hydrogen (secondary N) is 1. The lowest BCUT2D eigenvalue weighted by Gasteiger charge is -2.26. The van der Waals surface area contributed by atoms with E-state index in [0.29, 0.717) is 6.54 Å². The van der Waals surface area contributed by atoms with Crippen molar-refractivity contribution in [3.63, 3.8) is 0 Å². The molecule has 1 aromatic carbocycles. The molecule has 1 N–H and O–H groups in total. The van der Waals surface area contributed by atoms with Crippen LogP contribution in [0.2, 0.25) is 0 Å². The van der Waals surface area contributed by atoms with Crippen molar-refractivity contribution in [2.75, 3.05) is 6.54 Å². The van der Waals surface area contributed by atoms with E-state index in [2.05, 4.69) is 41.0 Å². The Morgan fingerprint density at radius 2 is 2.13 bits per heavy atom. The molecule has 0 fully saturated rings. The maximum absolute atomic E-state index is 12.7. The van der Waals surface area contributed by atoms with Gasteiger partial charge in [-0.25, -0.2) is 4.79 Å². The Labute approximate surface area is 142 Å². The molecule has 1 heterocycles. The van der Waals surface area contributed by atoms with Crippen molar-refractivity contribution in [3.05, 3.63) is 57.8 Å². The number of benzene rings is 1. The first-order chi connectivity index (χ1) is 11.3. The average Bonchev–Trinajstić information content (AvgIpc) is 3.00. The Kier molecular flexibility index (Phi) is 5.34. The topological polar surface area (TPSA) is 32.3 Å². The number of fused-ring (bicyclic) bond motifs is 1. The van der Waals surface area contributed by atoms with Crippen molar-refractivity contribution < 1.29 is 4.79 Å². The zero-order valence-electron chi connectivity index (χ0n) is 13.6. The third-order valence-electron chi connectivity index (χ3n) is 4.51. The molecule has 1 aliphatic carbocycles. The van der Waals surface area contributed by atoms with Crippen molar-refractivity contribution in [1.82, 2.24) is 10.2 Å². The summed E-state index contributed by atoms with van der Waals surface area (Å²) >= 11 is 1.70. The van der Waals surface area contributed by atoms with Crippen LogP contribution in [-0.4, -0.2) is 17.5 Å². The molecular weight excluding hydrogens is 304 g/mol. The quantitative estimate of drug-likeness (QED) is 0.807. The normalized spacial score (nSPS) is 17.2. The Hall–Kier alpha value is -1.81. The van der Waals surface area contributed by atoms with Crippen LogP contribution in [0, 0.1) is 0 Å². The number of carbonyl (C=O) groups is 1. The van der Waals surface area contributed by atoms with Crippen molar-refractivity contribution in [1.29, 1.82) is 0 Å². The molecule has 2 aromatic rings. The molecule has 3 nitrogen and oxygen atoms in total. The Morgan fingerprint density at radius 1 is 1.26 bits per heavy atom. The van der Waals surface area contributed by atoms with Crippen LogP contribution in [0.15, 0.2) is 41.8 Å². The predicted molar refractivity (Wildman–Crippen MR) is 95.7 cm³/mol. The largest absolute Gasteiger partial charge is 0.331 e. The van der Waals surface area contributed by atoms with E-state index in [9.17, 15) is 4.79 Å². The van der Waals surface area contributed by atoms with Crippen LogP contribution >= 0.6 is 11.3 Å². The summed E-state index contributed by atoms with van der Waals surface area (Å²) in [6.45, 7) is 3.45. The van der Waals surface area contributed by atoms with E-state index in [0.717, 1.165) is 25.8 Å². The van der Waals surface area contributed by atoms with Crippen LogP contribution in [0.1, 0.15) is 48.2 Å². The third-order valence-corrected chi connectivity index (χ3v) is 5.37. The minimum atomic E-state index is 0.0441. The first kappa shape index (κ1) is 16.1. The van der Waals surface area contributed by atoms with Gasteiger partial charge in [0.15, 0.2) is 0 Å². The molecule has 122 valence electrons. The standard InChI is InChI=1S/C19H24N2OS/c1-2-21(14-16-10-7-13-23-16)19(22)20-18-12-6-4-9-15-8-3-5-11-17(15)18/h3,5,7-8,10-11,13,18H,2,4,6,9,12,14H2,1H3,(H,20,22). The van der Waals surface area contributed by atoms with Crippen LogP contribution in [0.5, 0.6) is 0 Å². The van der Waals surface area contributed by atoms with Gasteiger partial charge < -0.3 is 10.2 Å². The summed E-state index contributed by atoms with van der Waals surface area (Å²) < 4.78 is 0. The molecule has 2 amide bonds. The van der Waals surface area contributed by atoms with E-state index in [1.54, 1.807) is 11.3 Å². The van der Waals surface area contributed by atoms with Gasteiger partial charge in [0, 0.05) is 11.4 Å². The third kappa shape index (κ3) is 3.94. The molecular formula is C19H24N2OS. The zero-order chi connectivity index (χ0) is 16.1. The second-order valence-electron chi connectivity index (χ2n) is 6.04. The molecule has 3 rings (SSSR count). The number of amides is 2. The Bertz CT molecular complexity index is 639. The molecule has 1 aliphatic rings. The van der Waals surface area contributed by atoms with Gasteiger partial charge in [-0.2, -0.15) is 0 Å². The van der Waals surface area contributed by atoms with Crippen LogP contribution in [0.4, 0.5) is 4.79 Å². The second kappa shape index (κ2) is 7.64. The SMILES string of the molecule is CCN(Cc1cccs1)C(=O)NC1CCCCc2ccccc21. The summed E-state index contributed by atoms with van der Waals surface area (Å²) in [5.41, 5.74) is 2.68. The average molecular weight is 328 g/mol. The molecule has 1 aromatic heterocycles. The number of carbonyl (C=O) groups excluding carboxylic acids is 1. The molecule has 4 heteroatoms. The van der Waals surface area contributed by atoms with Crippen LogP contribution in [0.3, 0.4) is 0 Å². The number of rotatable bonds is 4. The van der Waals surface area contributed by atoms with Crippen LogP contribution < -0.4 is 5.32 Å². The molecule has 0 saturated carbocycles. The molecule has 23 heavy (non-hydrogen) atoms. The highest BCUT2D eigenvalue weighted by atomic mass is 32.1. The number of nitrogens with zero attached hydrogens (tertiary/aromatic N) is 1. The fourth-order valence-corrected chi connectivity index (χ4v) is 3.95. The van der Waals surface area contributed by atoms with Crippen LogP contribution in [-0.2, 0) is 13.0 Å². The fraction of sp³-hybridized carbons (Fsp3) is 0.421. The summed E-state index contributed by atoms with van der Waals surface area (Å²) in [7, 11) is 0. The van der Waals surface area contributed by atoms with Gasteiger partial charge in [0.05, 0.1) is 12.6 Å². The maximum Gasteiger partial charge on any atom is 0.318 e. The summed E-state index contributed by atoms with van der Waals surface area (Å²) in [6.07, 6.45) is 4.52. The smallest absolute Gasteiger partial charge is 0.318 e. The van der Waals surface area contributed by atoms with Gasteiger partial charge in [-0.3, -0.25) is 0 Å². The van der Waals surface area contributed by atoms with E-state index in [-0.39, 0.29) is 12.1 Å². The van der Waals surface area contributed by atoms with E-state index < -0.39 is 0 Å². The van der Waals surface area contributed by atoms with E-state index in [1.807, 2.05) is 17.9 Å². The lowest BCUT2D eigenvalue weighted by atomic mass is 9.99. The van der Waals surface area contributed by atoms with E-state index >= 15 is 0 Å². The summed E-state index contributed by atoms with van der Waals surface area (Å²) in [5.74, 6) is 0. The van der Waals surface area contributed by atoms with Crippen molar-refractivity contribution in [2.24, 2.45) is 0 Å². The molecule has 0 saturated heterocycles. The molecule has 1 unspecified atom stereocenters. The summed E-state index contributed by atoms with van der Waals surface area (Å²) in [6, 6.07) is 12.8. The minimum absolute atomic E-state index is 0.0441. The summed E-state index contributed by atoms with van der Waals surface area (Å²) in [4.78, 5) is 15.8. The molecule has 0 radical (unpaired) electrons. The lowest BCUT2D eigenvalue weighted by molar-refractivity contribution is 0.193. The molecule has 1 atom stereocenters. The Balaban J connectivity index is 1.71. The van der Waals surface area contributed by atoms with Crippen molar-refractivity contribution in [2.45, 2.75) is 45.2 Å². The Morgan fingerprint density at radius 3 is 2.91 bits per heavy atom. The van der Waals surface area contributed by atoms with Gasteiger partial charge in [0.1, 0.15) is 0 Å². The van der Waals surface area contributed by atoms with Gasteiger partial charge in [0.2, 0.25) is 0 Å². The molecule has 0 aliphatic heterocycles. The molecule has 0 spiro atoms. The highest BCUT2D eigenvalue weighted by Crippen LogP contribution is 2.28. The predicted octanol–water partition coefficient (Wildman–Crippen LogP) is 4.75. The second-order valence-corrected chi connectivity index (χ2v) is 7.07. The minimum Gasteiger partial charge on any atom is -0.331 e. The van der Waals surface area contributed by atoms with Crippen molar-refractivity contribution >= 4 is 17.4 Å². The van der Waals surface area contributed by atoms with E-state index in [1.165, 1.54) is 22.4 Å². The van der Waals surface area contributed by atoms with Gasteiger partial charge in [0.25, 0.3) is 0 Å². The van der Waals surface area contributed by atoms with Gasteiger partial charge in [-0.15, -0.1) is 11.3 Å². The van der Waals surface area contributed by atoms with Gasteiger partial charge in [-0.05, 0) is 48.8 Å². The van der Waals surface area contributed by atoms with Gasteiger partial charge in [-0.1, -0.05) is 36.8 Å². The number of aryl methyl sites for hydroxylation is 1. The first-order valence-electron chi connectivity index (χ1n) is 8.43. The van der Waals surface area contributed by atoms with Crippen LogP contribution in [0.25, 0.3) is 0 Å². The first-order valence-corrected chi connectivity index (χ1v) is 9.31. The number of urea groups is 1. The number of hydrogen-bond donors (Lipinski definition) is 1. The number of hydrogen-bond acceptors (Lipinski definition) is 2. The zero-order valence-corrected chi connectivity index (χ0v) is 14.4. The monoisotopic (exact) mass is 328 g/mol. The lowest BCUT2D eigenvalue weighted by Crippen LogP contribution is -2.41. The van der Waals surface area contributed by atoms with E-state index in [4.69, 9.17) is 0 Å². The highest BCUT2D eigenvalue weighted by molar-refractivity contribution is 7.09. The maximum atomic E-state index is 12.7. The number of thiophene rings is 1. The highest BCUT2D eigenvalue weighted by Gasteiger charge is 2.22. The van der Waals surface area contributed by atoms with Gasteiger partial charge >= 0.3 is 6.03 Å². The van der Waals surface area contributed by atoms with Crippen molar-refractivity contribution in [3.8, 4) is 0 Å². The molecule has 0 bridgehead atoms. The summed E-state index contributed by atoms with van der Waals surface area (Å²) in [5, 5.41) is 5.33. The fourth-order valence-electron chi connectivity index (χ4n) is 3.23.